The van der Waals surface area contributed by atoms with Crippen LogP contribution in [0.25, 0.3) is 0 Å². The summed E-state index contributed by atoms with van der Waals surface area (Å²) in [6, 6.07) is 0.749. The number of aryl methyl sites for hydroxylation is 1. The van der Waals surface area contributed by atoms with Gasteiger partial charge in [0.25, 0.3) is 0 Å². The first-order valence-corrected chi connectivity index (χ1v) is 7.39. The molecule has 0 aromatic carbocycles. The predicted octanol–water partition coefficient (Wildman–Crippen LogP) is 1.76. The van der Waals surface area contributed by atoms with Crippen LogP contribution in [0.2, 0.25) is 0 Å². The minimum atomic E-state index is 0.749. The Kier molecular flexibility index (Phi) is 3.52. The lowest BCUT2D eigenvalue weighted by Crippen LogP contribution is -2.15. The number of aromatic nitrogens is 3. The van der Waals surface area contributed by atoms with Gasteiger partial charge in [0.15, 0.2) is 5.13 Å². The molecule has 1 aliphatic rings. The Morgan fingerprint density at radius 2 is 2.32 bits per heavy atom. The molecule has 0 bridgehead atoms. The summed E-state index contributed by atoms with van der Waals surface area (Å²) < 4.78 is 1.83. The van der Waals surface area contributed by atoms with Crippen LogP contribution in [-0.4, -0.2) is 27.9 Å². The number of anilines is 1. The maximum atomic E-state index is 4.49. The van der Waals surface area contributed by atoms with Gasteiger partial charge in [0.1, 0.15) is 0 Å². The molecular formula is C13H19N5S. The third kappa shape index (κ3) is 3.33. The minimum absolute atomic E-state index is 0.749. The van der Waals surface area contributed by atoms with Gasteiger partial charge in [-0.2, -0.15) is 5.10 Å². The van der Waals surface area contributed by atoms with Crippen molar-refractivity contribution in [1.82, 2.24) is 20.1 Å². The fourth-order valence-corrected chi connectivity index (χ4v) is 2.80. The van der Waals surface area contributed by atoms with E-state index in [9.17, 15) is 0 Å². The highest BCUT2D eigenvalue weighted by Gasteiger charge is 2.20. The number of thiazole rings is 1. The van der Waals surface area contributed by atoms with Crippen molar-refractivity contribution in [2.24, 2.45) is 7.05 Å². The zero-order valence-corrected chi connectivity index (χ0v) is 12.2. The van der Waals surface area contributed by atoms with Crippen molar-refractivity contribution in [3.63, 3.8) is 0 Å². The van der Waals surface area contributed by atoms with Crippen LogP contribution >= 0.6 is 11.3 Å². The molecule has 0 unspecified atom stereocenters. The highest BCUT2D eigenvalue weighted by atomic mass is 32.1. The van der Waals surface area contributed by atoms with Gasteiger partial charge in [-0.1, -0.05) is 0 Å². The Labute approximate surface area is 117 Å². The molecule has 0 radical (unpaired) electrons. The number of hydrogen-bond acceptors (Lipinski definition) is 5. The lowest BCUT2D eigenvalue weighted by molar-refractivity contribution is 0.694. The van der Waals surface area contributed by atoms with E-state index >= 15 is 0 Å². The summed E-state index contributed by atoms with van der Waals surface area (Å²) in [6.07, 6.45) is 8.58. The highest BCUT2D eigenvalue weighted by molar-refractivity contribution is 7.15. The molecule has 0 aliphatic heterocycles. The van der Waals surface area contributed by atoms with E-state index < -0.39 is 0 Å². The van der Waals surface area contributed by atoms with Crippen LogP contribution in [0.3, 0.4) is 0 Å². The molecule has 102 valence electrons. The highest BCUT2D eigenvalue weighted by Crippen LogP contribution is 2.24. The van der Waals surface area contributed by atoms with E-state index in [1.807, 2.05) is 30.3 Å². The molecule has 6 heteroatoms. The molecule has 0 atom stereocenters. The van der Waals surface area contributed by atoms with Gasteiger partial charge in [-0.3, -0.25) is 4.68 Å². The fourth-order valence-electron chi connectivity index (χ4n) is 1.98. The quantitative estimate of drug-likeness (QED) is 0.874. The zero-order chi connectivity index (χ0) is 13.2. The summed E-state index contributed by atoms with van der Waals surface area (Å²) in [5.41, 5.74) is 1.21. The summed E-state index contributed by atoms with van der Waals surface area (Å²) in [5.74, 6) is 0. The third-order valence-electron chi connectivity index (χ3n) is 3.19. The van der Waals surface area contributed by atoms with E-state index in [1.165, 1.54) is 23.3 Å². The van der Waals surface area contributed by atoms with Crippen LogP contribution in [0.5, 0.6) is 0 Å². The summed E-state index contributed by atoms with van der Waals surface area (Å²) in [6.45, 7) is 1.79. The Bertz CT molecular complexity index is 543. The molecule has 2 aromatic rings. The van der Waals surface area contributed by atoms with Crippen molar-refractivity contribution in [1.29, 1.82) is 0 Å². The van der Waals surface area contributed by atoms with E-state index in [2.05, 4.69) is 27.3 Å². The van der Waals surface area contributed by atoms with Crippen LogP contribution in [0.1, 0.15) is 23.3 Å². The lowest BCUT2D eigenvalue weighted by atomic mass is 10.3. The van der Waals surface area contributed by atoms with Crippen molar-refractivity contribution in [2.75, 3.05) is 11.9 Å². The average molecular weight is 277 g/mol. The molecule has 1 aliphatic carbocycles. The standard InChI is InChI=1S/C13H19N5S/c1-17(8-10-5-16-18(2)9-10)13-15-7-12(19-13)6-14-11-3-4-11/h5,7,9,11,14H,3-4,6,8H2,1-2H3. The van der Waals surface area contributed by atoms with E-state index in [0.717, 1.165) is 24.3 Å². The van der Waals surface area contributed by atoms with E-state index in [-0.39, 0.29) is 0 Å². The first-order valence-electron chi connectivity index (χ1n) is 6.57. The van der Waals surface area contributed by atoms with Crippen molar-refractivity contribution in [3.8, 4) is 0 Å². The van der Waals surface area contributed by atoms with Crippen LogP contribution in [0.4, 0.5) is 5.13 Å². The Morgan fingerprint density at radius 3 is 3.00 bits per heavy atom. The van der Waals surface area contributed by atoms with Gasteiger partial charge in [-0.05, 0) is 12.8 Å². The molecule has 2 heterocycles. The largest absolute Gasteiger partial charge is 0.347 e. The number of hydrogen-bond donors (Lipinski definition) is 1. The van der Waals surface area contributed by atoms with Gasteiger partial charge >= 0.3 is 0 Å². The molecule has 1 fully saturated rings. The van der Waals surface area contributed by atoms with Crippen molar-refractivity contribution in [3.05, 3.63) is 29.0 Å². The Hall–Kier alpha value is -1.40. The Morgan fingerprint density at radius 1 is 1.47 bits per heavy atom. The van der Waals surface area contributed by atoms with Crippen molar-refractivity contribution >= 4 is 16.5 Å². The smallest absolute Gasteiger partial charge is 0.185 e. The minimum Gasteiger partial charge on any atom is -0.347 e. The molecule has 5 nitrogen and oxygen atoms in total. The molecule has 3 rings (SSSR count). The topological polar surface area (TPSA) is 46.0 Å². The molecular weight excluding hydrogens is 258 g/mol. The van der Waals surface area contributed by atoms with Crippen LogP contribution in [-0.2, 0) is 20.1 Å². The summed E-state index contributed by atoms with van der Waals surface area (Å²) >= 11 is 1.76. The van der Waals surface area contributed by atoms with Crippen molar-refractivity contribution < 1.29 is 0 Å². The maximum Gasteiger partial charge on any atom is 0.185 e. The van der Waals surface area contributed by atoms with Crippen LogP contribution in [0.15, 0.2) is 18.6 Å². The van der Waals surface area contributed by atoms with Crippen molar-refractivity contribution in [2.45, 2.75) is 32.0 Å². The maximum absolute atomic E-state index is 4.49. The van der Waals surface area contributed by atoms with E-state index in [4.69, 9.17) is 0 Å². The van der Waals surface area contributed by atoms with E-state index in [1.54, 1.807) is 11.3 Å². The Balaban J connectivity index is 1.57. The second kappa shape index (κ2) is 5.30. The number of rotatable bonds is 6. The number of nitrogens with zero attached hydrogens (tertiary/aromatic N) is 4. The predicted molar refractivity (Wildman–Crippen MR) is 77.3 cm³/mol. The molecule has 0 saturated heterocycles. The SMILES string of the molecule is CN(Cc1cnn(C)c1)c1ncc(CNC2CC2)s1. The summed E-state index contributed by atoms with van der Waals surface area (Å²) in [4.78, 5) is 7.97. The molecule has 1 saturated carbocycles. The summed E-state index contributed by atoms with van der Waals surface area (Å²) in [7, 11) is 4.01. The molecule has 2 aromatic heterocycles. The molecule has 0 spiro atoms. The van der Waals surface area contributed by atoms with Gasteiger partial charge in [0.05, 0.1) is 6.20 Å². The molecule has 1 N–H and O–H groups in total. The normalized spacial score (nSPS) is 14.8. The first kappa shape index (κ1) is 12.6. The van der Waals surface area contributed by atoms with Crippen LogP contribution < -0.4 is 10.2 Å². The monoisotopic (exact) mass is 277 g/mol. The molecule has 19 heavy (non-hydrogen) atoms. The molecule has 0 amide bonds. The zero-order valence-electron chi connectivity index (χ0n) is 11.3. The number of nitrogens with one attached hydrogen (secondary N) is 1. The van der Waals surface area contributed by atoms with E-state index in [0.29, 0.717) is 0 Å². The van der Waals surface area contributed by atoms with Gasteiger partial charge in [-0.25, -0.2) is 4.98 Å². The van der Waals surface area contributed by atoms with Gasteiger partial charge < -0.3 is 10.2 Å². The lowest BCUT2D eigenvalue weighted by Gasteiger charge is -2.13. The second-order valence-electron chi connectivity index (χ2n) is 5.14. The van der Waals surface area contributed by atoms with Gasteiger partial charge in [0.2, 0.25) is 0 Å². The van der Waals surface area contributed by atoms with Gasteiger partial charge in [0, 0.05) is 56.1 Å². The fraction of sp³-hybridized carbons (Fsp3) is 0.538. The third-order valence-corrected chi connectivity index (χ3v) is 4.30. The second-order valence-corrected chi connectivity index (χ2v) is 6.24. The first-order chi connectivity index (χ1) is 9.20. The van der Waals surface area contributed by atoms with Gasteiger partial charge in [-0.15, -0.1) is 11.3 Å². The summed E-state index contributed by atoms with van der Waals surface area (Å²) in [5, 5.41) is 8.77. The van der Waals surface area contributed by atoms with Crippen LogP contribution in [0, 0.1) is 0 Å². The average Bonchev–Trinajstić information content (AvgIpc) is 2.94.